The first-order chi connectivity index (χ1) is 11.5. The lowest BCUT2D eigenvalue weighted by Gasteiger charge is -2.32. The van der Waals surface area contributed by atoms with Crippen molar-refractivity contribution in [1.82, 2.24) is 9.80 Å². The lowest BCUT2D eigenvalue weighted by molar-refractivity contribution is -0.133. The molecule has 0 radical (unpaired) electrons. The van der Waals surface area contributed by atoms with Crippen molar-refractivity contribution in [2.24, 2.45) is 5.92 Å². The van der Waals surface area contributed by atoms with Gasteiger partial charge in [-0.25, -0.2) is 0 Å². The van der Waals surface area contributed by atoms with Crippen LogP contribution in [0.15, 0.2) is 12.1 Å². The molecule has 1 fully saturated rings. The fraction of sp³-hybridized carbons (Fsp3) is 0.632. The zero-order valence-corrected chi connectivity index (χ0v) is 15.2. The molecule has 24 heavy (non-hydrogen) atoms. The summed E-state index contributed by atoms with van der Waals surface area (Å²) in [5.74, 6) is 2.48. The Morgan fingerprint density at radius 1 is 1.25 bits per heavy atom. The van der Waals surface area contributed by atoms with Crippen molar-refractivity contribution in [3.63, 3.8) is 0 Å². The van der Waals surface area contributed by atoms with Crippen LogP contribution >= 0.6 is 0 Å². The normalized spacial score (nSPS) is 18.3. The van der Waals surface area contributed by atoms with Crippen LogP contribution in [0.2, 0.25) is 0 Å². The summed E-state index contributed by atoms with van der Waals surface area (Å²) in [4.78, 5) is 16.8. The predicted molar refractivity (Wildman–Crippen MR) is 93.5 cm³/mol. The highest BCUT2D eigenvalue weighted by molar-refractivity contribution is 5.78. The van der Waals surface area contributed by atoms with Crippen LogP contribution in [0.25, 0.3) is 0 Å². The minimum Gasteiger partial charge on any atom is -0.493 e. The number of carbonyl (C=O) groups is 1. The molecular weight excluding hydrogens is 304 g/mol. The lowest BCUT2D eigenvalue weighted by Crippen LogP contribution is -2.44. The van der Waals surface area contributed by atoms with E-state index in [1.165, 1.54) is 18.4 Å². The standard InChI is InChI=1S/C19H28N2O3/c1-13(14-5-6-14)20(2)12-19(22)21-8-7-15-9-17(23-3)18(24-4)10-16(15)11-21/h9-10,13-14H,5-8,11-12H2,1-4H3. The smallest absolute Gasteiger partial charge is 0.237 e. The second kappa shape index (κ2) is 7.01. The number of nitrogens with zero attached hydrogens (tertiary/aromatic N) is 2. The molecule has 0 saturated heterocycles. The second-order valence-electron chi connectivity index (χ2n) is 7.03. The number of hydrogen-bond donors (Lipinski definition) is 0. The van der Waals surface area contributed by atoms with Gasteiger partial charge in [0.25, 0.3) is 0 Å². The number of fused-ring (bicyclic) bond motifs is 1. The van der Waals surface area contributed by atoms with E-state index < -0.39 is 0 Å². The summed E-state index contributed by atoms with van der Waals surface area (Å²) in [7, 11) is 5.36. The van der Waals surface area contributed by atoms with Crippen LogP contribution in [0.5, 0.6) is 11.5 Å². The Labute approximate surface area is 144 Å². The fourth-order valence-corrected chi connectivity index (χ4v) is 3.49. The molecule has 5 heteroatoms. The van der Waals surface area contributed by atoms with E-state index in [2.05, 4.69) is 18.9 Å². The zero-order chi connectivity index (χ0) is 17.3. The van der Waals surface area contributed by atoms with E-state index in [1.54, 1.807) is 14.2 Å². The molecule has 1 aromatic rings. The summed E-state index contributed by atoms with van der Waals surface area (Å²) >= 11 is 0. The van der Waals surface area contributed by atoms with Gasteiger partial charge in [-0.15, -0.1) is 0 Å². The quantitative estimate of drug-likeness (QED) is 0.802. The van der Waals surface area contributed by atoms with Crippen LogP contribution < -0.4 is 9.47 Å². The monoisotopic (exact) mass is 332 g/mol. The van der Waals surface area contributed by atoms with Crippen molar-refractivity contribution in [3.05, 3.63) is 23.3 Å². The molecule has 1 aliphatic heterocycles. The highest BCUT2D eigenvalue weighted by Crippen LogP contribution is 2.35. The number of carbonyl (C=O) groups excluding carboxylic acids is 1. The van der Waals surface area contributed by atoms with Crippen molar-refractivity contribution in [1.29, 1.82) is 0 Å². The molecule has 1 saturated carbocycles. The number of ether oxygens (including phenoxy) is 2. The van der Waals surface area contributed by atoms with Gasteiger partial charge in [0.1, 0.15) is 0 Å². The molecule has 0 spiro atoms. The number of hydrogen-bond acceptors (Lipinski definition) is 4. The molecule has 0 bridgehead atoms. The van der Waals surface area contributed by atoms with Crippen molar-refractivity contribution in [2.75, 3.05) is 34.4 Å². The topological polar surface area (TPSA) is 42.0 Å². The average molecular weight is 332 g/mol. The Bertz CT molecular complexity index is 613. The molecule has 1 heterocycles. The van der Waals surface area contributed by atoms with E-state index >= 15 is 0 Å². The lowest BCUT2D eigenvalue weighted by atomic mass is 9.98. The number of rotatable bonds is 6. The molecule has 1 aliphatic carbocycles. The molecule has 1 amide bonds. The summed E-state index contributed by atoms with van der Waals surface area (Å²) in [5, 5.41) is 0. The van der Waals surface area contributed by atoms with E-state index in [0.29, 0.717) is 19.1 Å². The summed E-state index contributed by atoms with van der Waals surface area (Å²) in [6.07, 6.45) is 3.47. The van der Waals surface area contributed by atoms with E-state index in [9.17, 15) is 4.79 Å². The highest BCUT2D eigenvalue weighted by atomic mass is 16.5. The first kappa shape index (κ1) is 17.1. The predicted octanol–water partition coefficient (Wildman–Crippen LogP) is 2.32. The van der Waals surface area contributed by atoms with E-state index in [-0.39, 0.29) is 5.91 Å². The minimum absolute atomic E-state index is 0.213. The number of methoxy groups -OCH3 is 2. The van der Waals surface area contributed by atoms with Gasteiger partial charge in [-0.3, -0.25) is 9.69 Å². The van der Waals surface area contributed by atoms with Crippen LogP contribution in [0, 0.1) is 5.92 Å². The maximum Gasteiger partial charge on any atom is 0.237 e. The largest absolute Gasteiger partial charge is 0.493 e. The van der Waals surface area contributed by atoms with Gasteiger partial charge in [0, 0.05) is 19.1 Å². The molecule has 2 aliphatic rings. The first-order valence-corrected chi connectivity index (χ1v) is 8.75. The second-order valence-corrected chi connectivity index (χ2v) is 7.03. The molecule has 1 aromatic carbocycles. The van der Waals surface area contributed by atoms with Crippen LogP contribution in [-0.2, 0) is 17.8 Å². The van der Waals surface area contributed by atoms with Crippen LogP contribution in [0.4, 0.5) is 0 Å². The Morgan fingerprint density at radius 3 is 2.46 bits per heavy atom. The average Bonchev–Trinajstić information content (AvgIpc) is 3.44. The van der Waals surface area contributed by atoms with Gasteiger partial charge in [-0.05, 0) is 62.4 Å². The number of likely N-dealkylation sites (N-methyl/N-ethyl adjacent to an activating group) is 1. The van der Waals surface area contributed by atoms with E-state index in [4.69, 9.17) is 9.47 Å². The van der Waals surface area contributed by atoms with Gasteiger partial charge in [0.2, 0.25) is 5.91 Å². The summed E-state index contributed by atoms with van der Waals surface area (Å²) in [6.45, 7) is 4.15. The molecule has 3 rings (SSSR count). The Morgan fingerprint density at radius 2 is 1.88 bits per heavy atom. The van der Waals surface area contributed by atoms with E-state index in [0.717, 1.165) is 35.9 Å². The SMILES string of the molecule is COc1cc2c(cc1OC)CN(C(=O)CN(C)C(C)C1CC1)CC2. The third kappa shape index (κ3) is 3.51. The number of amides is 1. The Kier molecular flexibility index (Phi) is 4.99. The summed E-state index contributed by atoms with van der Waals surface area (Å²) < 4.78 is 10.8. The van der Waals surface area contributed by atoms with Gasteiger partial charge >= 0.3 is 0 Å². The molecule has 5 nitrogen and oxygen atoms in total. The Balaban J connectivity index is 1.66. The van der Waals surface area contributed by atoms with Crippen LogP contribution in [0.1, 0.15) is 30.9 Å². The minimum atomic E-state index is 0.213. The fourth-order valence-electron chi connectivity index (χ4n) is 3.49. The van der Waals surface area contributed by atoms with Gasteiger partial charge in [0.05, 0.1) is 20.8 Å². The summed E-state index contributed by atoms with van der Waals surface area (Å²) in [6, 6.07) is 4.54. The van der Waals surface area contributed by atoms with Crippen molar-refractivity contribution in [3.8, 4) is 11.5 Å². The van der Waals surface area contributed by atoms with E-state index in [1.807, 2.05) is 17.0 Å². The third-order valence-corrected chi connectivity index (χ3v) is 5.45. The first-order valence-electron chi connectivity index (χ1n) is 8.75. The van der Waals surface area contributed by atoms with Crippen molar-refractivity contribution < 1.29 is 14.3 Å². The molecule has 0 N–H and O–H groups in total. The molecule has 1 unspecified atom stereocenters. The number of benzene rings is 1. The van der Waals surface area contributed by atoms with Crippen LogP contribution in [-0.4, -0.2) is 56.1 Å². The van der Waals surface area contributed by atoms with Gasteiger partial charge < -0.3 is 14.4 Å². The van der Waals surface area contributed by atoms with Gasteiger partial charge in [-0.1, -0.05) is 0 Å². The molecule has 0 aromatic heterocycles. The molecular formula is C19H28N2O3. The summed E-state index contributed by atoms with van der Waals surface area (Å²) in [5.41, 5.74) is 2.40. The van der Waals surface area contributed by atoms with Gasteiger partial charge in [-0.2, -0.15) is 0 Å². The third-order valence-electron chi connectivity index (χ3n) is 5.45. The Hall–Kier alpha value is -1.75. The van der Waals surface area contributed by atoms with Crippen molar-refractivity contribution >= 4 is 5.91 Å². The molecule has 1 atom stereocenters. The highest BCUT2D eigenvalue weighted by Gasteiger charge is 2.32. The zero-order valence-electron chi connectivity index (χ0n) is 15.2. The van der Waals surface area contributed by atoms with Gasteiger partial charge in [0.15, 0.2) is 11.5 Å². The molecule has 132 valence electrons. The van der Waals surface area contributed by atoms with Crippen molar-refractivity contribution in [2.45, 2.75) is 38.8 Å². The maximum absolute atomic E-state index is 12.7. The maximum atomic E-state index is 12.7. The van der Waals surface area contributed by atoms with Crippen LogP contribution in [0.3, 0.4) is 0 Å².